The van der Waals surface area contributed by atoms with Crippen molar-refractivity contribution in [2.24, 2.45) is 0 Å². The van der Waals surface area contributed by atoms with Crippen LogP contribution in [0.4, 0.5) is 5.82 Å². The fourth-order valence-electron chi connectivity index (χ4n) is 3.51. The average Bonchev–Trinajstić information content (AvgIpc) is 3.40. The Bertz CT molecular complexity index is 1070. The molecule has 28 heavy (non-hydrogen) atoms. The Morgan fingerprint density at radius 1 is 1.04 bits per heavy atom. The third-order valence-corrected chi connectivity index (χ3v) is 5.51. The predicted octanol–water partition coefficient (Wildman–Crippen LogP) is 5.05. The second-order valence-corrected chi connectivity index (χ2v) is 7.48. The van der Waals surface area contributed by atoms with E-state index in [0.717, 1.165) is 35.3 Å². The molecule has 3 aromatic rings. The Morgan fingerprint density at radius 2 is 1.89 bits per heavy atom. The van der Waals surface area contributed by atoms with Crippen LogP contribution in [0.15, 0.2) is 60.8 Å². The number of carbonyl (C=O) groups is 1. The smallest absolute Gasteiger partial charge is 0.236 e. The molecule has 1 aromatic heterocycles. The van der Waals surface area contributed by atoms with Crippen LogP contribution >= 0.6 is 11.6 Å². The van der Waals surface area contributed by atoms with Gasteiger partial charge in [-0.1, -0.05) is 29.8 Å². The van der Waals surface area contributed by atoms with Crippen molar-refractivity contribution in [1.82, 2.24) is 4.98 Å². The first-order chi connectivity index (χ1) is 13.6. The van der Waals surface area contributed by atoms with Crippen molar-refractivity contribution in [3.05, 3.63) is 71.4 Å². The lowest BCUT2D eigenvalue weighted by Gasteiger charge is -2.16. The number of fused-ring (bicyclic) bond motifs is 1. The number of hydrogen-bond donors (Lipinski definition) is 1. The van der Waals surface area contributed by atoms with Gasteiger partial charge in [0.1, 0.15) is 5.82 Å². The summed E-state index contributed by atoms with van der Waals surface area (Å²) in [6.07, 6.45) is 3.35. The highest BCUT2D eigenvalue weighted by Crippen LogP contribution is 2.51. The van der Waals surface area contributed by atoms with E-state index in [0.29, 0.717) is 16.6 Å². The fourth-order valence-corrected chi connectivity index (χ4v) is 3.70. The zero-order chi connectivity index (χ0) is 19.1. The molecule has 0 atom stereocenters. The summed E-state index contributed by atoms with van der Waals surface area (Å²) in [5.41, 5.74) is 2.35. The van der Waals surface area contributed by atoms with Crippen molar-refractivity contribution in [2.45, 2.75) is 18.3 Å². The number of pyridine rings is 1. The summed E-state index contributed by atoms with van der Waals surface area (Å²) in [7, 11) is 0. The van der Waals surface area contributed by atoms with Crippen molar-refractivity contribution in [1.29, 1.82) is 0 Å². The molecule has 5 rings (SSSR count). The zero-order valence-corrected chi connectivity index (χ0v) is 15.7. The van der Waals surface area contributed by atoms with Gasteiger partial charge >= 0.3 is 0 Å². The summed E-state index contributed by atoms with van der Waals surface area (Å²) in [5.74, 6) is 1.90. The van der Waals surface area contributed by atoms with Crippen molar-refractivity contribution in [3.8, 4) is 22.6 Å². The molecule has 2 heterocycles. The molecule has 6 heteroatoms. The van der Waals surface area contributed by atoms with Crippen LogP contribution in [0.2, 0.25) is 5.02 Å². The number of anilines is 1. The highest BCUT2D eigenvalue weighted by Gasteiger charge is 2.51. The van der Waals surface area contributed by atoms with Gasteiger partial charge in [-0.25, -0.2) is 4.98 Å². The molecule has 0 bridgehead atoms. The van der Waals surface area contributed by atoms with Crippen LogP contribution in [-0.4, -0.2) is 17.7 Å². The van der Waals surface area contributed by atoms with Gasteiger partial charge in [-0.05, 0) is 60.4 Å². The van der Waals surface area contributed by atoms with E-state index in [1.807, 2.05) is 54.6 Å². The van der Waals surface area contributed by atoms with E-state index in [4.69, 9.17) is 21.1 Å². The molecule has 1 fully saturated rings. The van der Waals surface area contributed by atoms with E-state index in [1.165, 1.54) is 0 Å². The molecule has 2 aromatic carbocycles. The van der Waals surface area contributed by atoms with Crippen LogP contribution in [0.3, 0.4) is 0 Å². The molecule has 1 aliphatic heterocycles. The number of ether oxygens (including phenoxy) is 2. The molecule has 0 unspecified atom stereocenters. The molecule has 142 valence electrons. The molecule has 1 aliphatic carbocycles. The number of carbonyl (C=O) groups excluding carboxylic acids is 1. The maximum Gasteiger partial charge on any atom is 0.236 e. The Hall–Kier alpha value is -3.05. The number of nitrogens with one attached hydrogen (secondary N) is 1. The molecular weight excluding hydrogens is 376 g/mol. The largest absolute Gasteiger partial charge is 0.454 e. The summed E-state index contributed by atoms with van der Waals surface area (Å²) in [6, 6.07) is 17.0. The van der Waals surface area contributed by atoms with E-state index in [2.05, 4.69) is 10.3 Å². The van der Waals surface area contributed by atoms with Crippen LogP contribution in [0.25, 0.3) is 11.1 Å². The second-order valence-electron chi connectivity index (χ2n) is 7.05. The van der Waals surface area contributed by atoms with E-state index in [9.17, 15) is 4.79 Å². The van der Waals surface area contributed by atoms with Gasteiger partial charge in [-0.15, -0.1) is 0 Å². The maximum absolute atomic E-state index is 13.0. The van der Waals surface area contributed by atoms with E-state index in [1.54, 1.807) is 6.20 Å². The third-order valence-electron chi connectivity index (χ3n) is 5.27. The normalized spacial score (nSPS) is 15.9. The van der Waals surface area contributed by atoms with E-state index in [-0.39, 0.29) is 14.1 Å². The lowest BCUT2D eigenvalue weighted by atomic mass is 9.94. The quantitative estimate of drug-likeness (QED) is 0.672. The summed E-state index contributed by atoms with van der Waals surface area (Å²) in [6.45, 7) is 0.223. The number of nitrogens with zero attached hydrogens (tertiary/aromatic N) is 1. The lowest BCUT2D eigenvalue weighted by Crippen LogP contribution is -2.28. The van der Waals surface area contributed by atoms with Gasteiger partial charge in [0, 0.05) is 18.2 Å². The molecule has 5 nitrogen and oxygen atoms in total. The molecule has 0 radical (unpaired) electrons. The first-order valence-corrected chi connectivity index (χ1v) is 9.45. The first kappa shape index (κ1) is 17.1. The lowest BCUT2D eigenvalue weighted by molar-refractivity contribution is -0.118. The van der Waals surface area contributed by atoms with Crippen LogP contribution in [0.5, 0.6) is 11.5 Å². The summed E-state index contributed by atoms with van der Waals surface area (Å²) < 4.78 is 10.8. The maximum atomic E-state index is 13.0. The fraction of sp³-hybridized carbons (Fsp3) is 0.182. The van der Waals surface area contributed by atoms with E-state index >= 15 is 0 Å². The van der Waals surface area contributed by atoms with Gasteiger partial charge < -0.3 is 14.8 Å². The van der Waals surface area contributed by atoms with Crippen LogP contribution in [0.1, 0.15) is 19.8 Å². The molecule has 2 aliphatic rings. The molecule has 1 N–H and O–H groups in total. The van der Waals surface area contributed by atoms with Gasteiger partial charge in [0.25, 0.3) is 0 Å². The number of halogens is 1. The van der Waals surface area contributed by atoms with Gasteiger partial charge in [-0.2, -0.15) is 0 Å². The predicted molar refractivity (Wildman–Crippen MR) is 109 cm³/mol. The minimum atomic E-state index is -0.520. The van der Waals surface area contributed by atoms with Crippen LogP contribution in [0, 0.1) is 0 Å². The monoisotopic (exact) mass is 394 g/mol. The number of benzene rings is 2. The Balaban J connectivity index is 0.00000205. The average molecular weight is 395 g/mol. The highest BCUT2D eigenvalue weighted by molar-refractivity contribution is 6.30. The molecule has 1 saturated carbocycles. The summed E-state index contributed by atoms with van der Waals surface area (Å²) in [5, 5.41) is 3.63. The molecule has 1 amide bonds. The Kier molecular flexibility index (Phi) is 3.98. The van der Waals surface area contributed by atoms with Crippen molar-refractivity contribution < 1.29 is 15.7 Å². The minimum Gasteiger partial charge on any atom is -0.454 e. The van der Waals surface area contributed by atoms with Crippen molar-refractivity contribution in [2.75, 3.05) is 12.1 Å². The zero-order valence-electron chi connectivity index (χ0n) is 14.9. The second kappa shape index (κ2) is 6.53. The van der Waals surface area contributed by atoms with Gasteiger partial charge in [-0.3, -0.25) is 4.79 Å². The highest BCUT2D eigenvalue weighted by atomic mass is 35.5. The standard InChI is InChI=1S/C22H17ClN2O3.H2/c23-17-3-1-2-14(10-17)15-4-7-20(24-12-15)25-21(26)22(8-9-22)16-5-6-18-19(11-16)28-13-27-18;/h1-7,10-12H,8-9,13H2,(H,24,25,26);1H. The summed E-state index contributed by atoms with van der Waals surface area (Å²) >= 11 is 6.05. The van der Waals surface area contributed by atoms with Crippen molar-refractivity contribution in [3.63, 3.8) is 0 Å². The molecule has 0 saturated heterocycles. The summed E-state index contributed by atoms with van der Waals surface area (Å²) in [4.78, 5) is 17.4. The Labute approximate surface area is 168 Å². The SMILES string of the molecule is O=C(Nc1ccc(-c2cccc(Cl)c2)cn1)C1(c2ccc3c(c2)OCO3)CC1.[HH]. The Morgan fingerprint density at radius 3 is 2.64 bits per heavy atom. The van der Waals surface area contributed by atoms with E-state index < -0.39 is 5.41 Å². The number of hydrogen-bond acceptors (Lipinski definition) is 4. The van der Waals surface area contributed by atoms with Crippen LogP contribution in [-0.2, 0) is 10.2 Å². The molecular formula is C22H19ClN2O3. The minimum absolute atomic E-state index is 0. The van der Waals surface area contributed by atoms with Gasteiger partial charge in [0.2, 0.25) is 12.7 Å². The van der Waals surface area contributed by atoms with Gasteiger partial charge in [0.05, 0.1) is 5.41 Å². The van der Waals surface area contributed by atoms with Crippen LogP contribution < -0.4 is 14.8 Å². The third kappa shape index (κ3) is 2.98. The molecule has 0 spiro atoms. The first-order valence-electron chi connectivity index (χ1n) is 9.08. The number of amides is 1. The number of rotatable bonds is 4. The van der Waals surface area contributed by atoms with Gasteiger partial charge in [0.15, 0.2) is 11.5 Å². The topological polar surface area (TPSA) is 60.5 Å². The van der Waals surface area contributed by atoms with Crippen molar-refractivity contribution >= 4 is 23.3 Å². The number of aromatic nitrogens is 1.